The first-order valence-corrected chi connectivity index (χ1v) is 10.9. The van der Waals surface area contributed by atoms with Gasteiger partial charge in [0.2, 0.25) is 5.91 Å². The lowest BCUT2D eigenvalue weighted by Gasteiger charge is -2.27. The molecule has 0 aliphatic carbocycles. The third kappa shape index (κ3) is 4.94. The van der Waals surface area contributed by atoms with Crippen molar-refractivity contribution < 1.29 is 14.4 Å². The van der Waals surface area contributed by atoms with Gasteiger partial charge in [-0.05, 0) is 50.4 Å². The highest BCUT2D eigenvalue weighted by atomic mass is 32.2. The molecule has 1 aliphatic heterocycles. The zero-order valence-electron chi connectivity index (χ0n) is 16.0. The van der Waals surface area contributed by atoms with Gasteiger partial charge in [0, 0.05) is 22.5 Å². The Labute approximate surface area is 172 Å². The molecule has 2 N–H and O–H groups in total. The Balaban J connectivity index is 1.73. The van der Waals surface area contributed by atoms with Crippen LogP contribution in [0.2, 0.25) is 0 Å². The van der Waals surface area contributed by atoms with Gasteiger partial charge in [-0.2, -0.15) is 0 Å². The van der Waals surface area contributed by atoms with Crippen molar-refractivity contribution in [3.05, 3.63) is 52.2 Å². The maximum atomic E-state index is 13.0. The summed E-state index contributed by atoms with van der Waals surface area (Å²) in [6.45, 7) is 5.75. The summed E-state index contributed by atoms with van der Waals surface area (Å²) in [7, 11) is 0. The van der Waals surface area contributed by atoms with E-state index in [1.165, 1.54) is 11.3 Å². The van der Waals surface area contributed by atoms with Crippen LogP contribution < -0.4 is 10.6 Å². The van der Waals surface area contributed by atoms with Crippen molar-refractivity contribution in [2.75, 3.05) is 16.9 Å². The van der Waals surface area contributed by atoms with E-state index in [1.54, 1.807) is 47.0 Å². The quantitative estimate of drug-likeness (QED) is 0.799. The Morgan fingerprint density at radius 3 is 2.61 bits per heavy atom. The van der Waals surface area contributed by atoms with Gasteiger partial charge in [0.05, 0.1) is 10.8 Å². The molecule has 2 heterocycles. The zero-order chi connectivity index (χ0) is 20.3. The molecule has 6 nitrogen and oxygen atoms in total. The molecule has 28 heavy (non-hydrogen) atoms. The van der Waals surface area contributed by atoms with Crippen LogP contribution in [0.25, 0.3) is 0 Å². The molecule has 1 aliphatic rings. The lowest BCUT2D eigenvalue weighted by atomic mass is 10.1. The molecular weight excluding hydrogens is 394 g/mol. The number of amides is 3. The lowest BCUT2D eigenvalue weighted by Crippen LogP contribution is -2.52. The van der Waals surface area contributed by atoms with E-state index in [-0.39, 0.29) is 23.3 Å². The first kappa shape index (κ1) is 20.4. The second kappa shape index (κ2) is 8.36. The monoisotopic (exact) mass is 417 g/mol. The third-order valence-electron chi connectivity index (χ3n) is 4.06. The molecule has 0 bridgehead atoms. The van der Waals surface area contributed by atoms with Crippen molar-refractivity contribution >= 4 is 46.5 Å². The van der Waals surface area contributed by atoms with Gasteiger partial charge in [-0.15, -0.1) is 23.1 Å². The molecule has 1 saturated heterocycles. The highest BCUT2D eigenvalue weighted by Crippen LogP contribution is 2.25. The van der Waals surface area contributed by atoms with E-state index in [4.69, 9.17) is 0 Å². The SMILES string of the molecule is CC(C)(C)NC(=O)C1CSCN1C(=O)c1cccc(NC(=O)c2cccs2)c1. The number of carbonyl (C=O) groups excluding carboxylic acids is 3. The van der Waals surface area contributed by atoms with Crippen molar-refractivity contribution in [3.8, 4) is 0 Å². The average molecular weight is 418 g/mol. The minimum Gasteiger partial charge on any atom is -0.350 e. The molecule has 0 saturated carbocycles. The van der Waals surface area contributed by atoms with Gasteiger partial charge >= 0.3 is 0 Å². The van der Waals surface area contributed by atoms with E-state index < -0.39 is 6.04 Å². The molecule has 3 amide bonds. The Hall–Kier alpha value is -2.32. The van der Waals surface area contributed by atoms with E-state index in [0.717, 1.165) is 0 Å². The zero-order valence-corrected chi connectivity index (χ0v) is 17.7. The summed E-state index contributed by atoms with van der Waals surface area (Å²) < 4.78 is 0. The van der Waals surface area contributed by atoms with Gasteiger partial charge in [-0.1, -0.05) is 12.1 Å². The van der Waals surface area contributed by atoms with Crippen LogP contribution >= 0.6 is 23.1 Å². The standard InChI is InChI=1S/C20H23N3O3S2/c1-20(2,3)22-17(24)15-11-27-12-23(15)19(26)13-6-4-7-14(10-13)21-18(25)16-8-5-9-28-16/h4-10,15H,11-12H2,1-3H3,(H,21,25)(H,22,24). The molecular formula is C20H23N3O3S2. The summed E-state index contributed by atoms with van der Waals surface area (Å²) in [4.78, 5) is 40.0. The van der Waals surface area contributed by atoms with Crippen LogP contribution in [-0.2, 0) is 4.79 Å². The highest BCUT2D eigenvalue weighted by Gasteiger charge is 2.36. The molecule has 0 spiro atoms. The molecule has 2 aromatic rings. The molecule has 8 heteroatoms. The Morgan fingerprint density at radius 2 is 1.93 bits per heavy atom. The predicted octanol–water partition coefficient (Wildman–Crippen LogP) is 3.43. The van der Waals surface area contributed by atoms with Crippen molar-refractivity contribution in [3.63, 3.8) is 0 Å². The fourth-order valence-electron chi connectivity index (χ4n) is 2.81. The summed E-state index contributed by atoms with van der Waals surface area (Å²) >= 11 is 2.91. The highest BCUT2D eigenvalue weighted by molar-refractivity contribution is 7.99. The molecule has 1 unspecified atom stereocenters. The van der Waals surface area contributed by atoms with Crippen LogP contribution in [0.5, 0.6) is 0 Å². The van der Waals surface area contributed by atoms with Crippen LogP contribution in [0.4, 0.5) is 5.69 Å². The number of hydrogen-bond donors (Lipinski definition) is 2. The number of hydrogen-bond acceptors (Lipinski definition) is 5. The smallest absolute Gasteiger partial charge is 0.265 e. The Bertz CT molecular complexity index is 875. The number of nitrogens with one attached hydrogen (secondary N) is 2. The van der Waals surface area contributed by atoms with Crippen LogP contribution in [0.3, 0.4) is 0 Å². The second-order valence-electron chi connectivity index (χ2n) is 7.54. The molecule has 148 valence electrons. The summed E-state index contributed by atoms with van der Waals surface area (Å²) in [6, 6.07) is 9.87. The maximum Gasteiger partial charge on any atom is 0.265 e. The van der Waals surface area contributed by atoms with Gasteiger partial charge in [0.1, 0.15) is 6.04 Å². The van der Waals surface area contributed by atoms with Gasteiger partial charge < -0.3 is 15.5 Å². The fourth-order valence-corrected chi connectivity index (χ4v) is 4.58. The van der Waals surface area contributed by atoms with E-state index in [1.807, 2.05) is 32.2 Å². The third-order valence-corrected chi connectivity index (χ3v) is 5.94. The van der Waals surface area contributed by atoms with E-state index in [0.29, 0.717) is 27.8 Å². The maximum absolute atomic E-state index is 13.0. The molecule has 3 rings (SSSR count). The van der Waals surface area contributed by atoms with Crippen LogP contribution in [0.15, 0.2) is 41.8 Å². The van der Waals surface area contributed by atoms with Crippen molar-refractivity contribution in [1.82, 2.24) is 10.2 Å². The first-order chi connectivity index (χ1) is 13.2. The summed E-state index contributed by atoms with van der Waals surface area (Å²) in [6.07, 6.45) is 0. The number of carbonyl (C=O) groups is 3. The minimum absolute atomic E-state index is 0.145. The van der Waals surface area contributed by atoms with E-state index in [9.17, 15) is 14.4 Å². The summed E-state index contributed by atoms with van der Waals surface area (Å²) in [5, 5.41) is 7.60. The predicted molar refractivity (Wildman–Crippen MR) is 114 cm³/mol. The minimum atomic E-state index is -0.499. The fraction of sp³-hybridized carbons (Fsp3) is 0.350. The second-order valence-corrected chi connectivity index (χ2v) is 9.49. The lowest BCUT2D eigenvalue weighted by molar-refractivity contribution is -0.125. The van der Waals surface area contributed by atoms with E-state index in [2.05, 4.69) is 10.6 Å². The Kier molecular flexibility index (Phi) is 6.10. The van der Waals surface area contributed by atoms with Crippen molar-refractivity contribution in [2.45, 2.75) is 32.4 Å². The largest absolute Gasteiger partial charge is 0.350 e. The number of nitrogens with zero attached hydrogens (tertiary/aromatic N) is 1. The number of rotatable bonds is 4. The number of anilines is 1. The average Bonchev–Trinajstić information content (AvgIpc) is 3.31. The normalized spacial score (nSPS) is 16.7. The first-order valence-electron chi connectivity index (χ1n) is 8.90. The van der Waals surface area contributed by atoms with Crippen molar-refractivity contribution in [2.24, 2.45) is 0 Å². The Morgan fingerprint density at radius 1 is 1.14 bits per heavy atom. The molecule has 1 atom stereocenters. The summed E-state index contributed by atoms with van der Waals surface area (Å²) in [5.41, 5.74) is 0.636. The molecule has 0 radical (unpaired) electrons. The number of benzene rings is 1. The van der Waals surface area contributed by atoms with E-state index >= 15 is 0 Å². The van der Waals surface area contributed by atoms with Gasteiger partial charge in [-0.3, -0.25) is 14.4 Å². The van der Waals surface area contributed by atoms with Crippen LogP contribution in [-0.4, -0.2) is 45.8 Å². The molecule has 1 aromatic heterocycles. The molecule has 1 aromatic carbocycles. The van der Waals surface area contributed by atoms with Gasteiger partial charge in [0.15, 0.2) is 0 Å². The number of thiophene rings is 1. The topological polar surface area (TPSA) is 78.5 Å². The number of thioether (sulfide) groups is 1. The van der Waals surface area contributed by atoms with Gasteiger partial charge in [-0.25, -0.2) is 0 Å². The summed E-state index contributed by atoms with van der Waals surface area (Å²) in [5.74, 6) is 0.466. The van der Waals surface area contributed by atoms with Crippen molar-refractivity contribution in [1.29, 1.82) is 0 Å². The van der Waals surface area contributed by atoms with Crippen LogP contribution in [0.1, 0.15) is 40.8 Å². The van der Waals surface area contributed by atoms with Crippen LogP contribution in [0, 0.1) is 0 Å². The molecule has 1 fully saturated rings. The van der Waals surface area contributed by atoms with Gasteiger partial charge in [0.25, 0.3) is 11.8 Å².